The van der Waals surface area contributed by atoms with Crippen molar-refractivity contribution in [2.24, 2.45) is 5.90 Å². The molecule has 0 spiro atoms. The molecule has 6 saturated heterocycles. The van der Waals surface area contributed by atoms with E-state index in [1.807, 2.05) is 102 Å². The summed E-state index contributed by atoms with van der Waals surface area (Å²) in [5.74, 6) is 3.74. The largest absolute Gasteiger partial charge is 0.480 e. The summed E-state index contributed by atoms with van der Waals surface area (Å²) >= 11 is 0. The molecule has 0 saturated carbocycles. The number of carboxylic acid groups (broad SMARTS) is 1. The highest BCUT2D eigenvalue weighted by Gasteiger charge is 2.49. The molecular weight excluding hydrogens is 897 g/mol. The van der Waals surface area contributed by atoms with Crippen molar-refractivity contribution in [3.05, 3.63) is 71.8 Å². The zero-order valence-electron chi connectivity index (χ0n) is 39.2. The number of fused-ring (bicyclic) bond motifs is 4. The smallest absolute Gasteiger partial charge is 0.410 e. The zero-order chi connectivity index (χ0) is 48.5. The Kier molecular flexibility index (Phi) is 20.0. The van der Waals surface area contributed by atoms with Crippen molar-refractivity contribution in [3.8, 4) is 0 Å². The molecule has 0 aromatic heterocycles. The Labute approximate surface area is 405 Å². The fraction of sp³-hybridized carbons (Fsp3) is 0.625. The highest BCUT2D eigenvalue weighted by molar-refractivity contribution is 5.88. The van der Waals surface area contributed by atoms with Gasteiger partial charge in [-0.1, -0.05) is 75.5 Å². The second-order valence-electron chi connectivity index (χ2n) is 19.3. The molecule has 2 aromatic carbocycles. The highest BCUT2D eigenvalue weighted by Crippen LogP contribution is 2.32. The molecule has 4 N–H and O–H groups in total. The number of amides is 7. The van der Waals surface area contributed by atoms with Crippen molar-refractivity contribution < 1.29 is 62.7 Å². The van der Waals surface area contributed by atoms with Crippen molar-refractivity contribution in [1.29, 1.82) is 0 Å². The third-order valence-electron chi connectivity index (χ3n) is 11.8. The van der Waals surface area contributed by atoms with E-state index in [1.165, 1.54) is 15.0 Å². The normalized spacial score (nSPS) is 23.8. The number of hydrogen-bond donors (Lipinski definition) is 3. The molecule has 69 heavy (non-hydrogen) atoms. The van der Waals surface area contributed by atoms with Gasteiger partial charge in [0.15, 0.2) is 0 Å². The Morgan fingerprint density at radius 2 is 1.04 bits per heavy atom. The van der Waals surface area contributed by atoms with Crippen LogP contribution in [0.15, 0.2) is 60.7 Å². The first-order valence-electron chi connectivity index (χ1n) is 22.8. The first kappa shape index (κ1) is 55.9. The van der Waals surface area contributed by atoms with Crippen molar-refractivity contribution in [3.63, 3.8) is 0 Å². The van der Waals surface area contributed by atoms with E-state index in [-0.39, 0.29) is 63.2 Å². The van der Waals surface area contributed by atoms with E-state index in [2.05, 4.69) is 10.3 Å². The van der Waals surface area contributed by atoms with Gasteiger partial charge in [-0.05, 0) is 91.2 Å². The third-order valence-corrected chi connectivity index (χ3v) is 11.8. The van der Waals surface area contributed by atoms with E-state index in [1.54, 1.807) is 14.7 Å². The van der Waals surface area contributed by atoms with E-state index in [0.717, 1.165) is 17.5 Å². The molecule has 384 valence electrons. The van der Waals surface area contributed by atoms with Crippen LogP contribution in [0.2, 0.25) is 0 Å². The molecular formula is C48H74N8O13. The van der Waals surface area contributed by atoms with Crippen LogP contribution in [0.4, 0.5) is 19.2 Å². The van der Waals surface area contributed by atoms with Gasteiger partial charge < -0.3 is 34.2 Å². The monoisotopic (exact) mass is 971 g/mol. The van der Waals surface area contributed by atoms with Crippen molar-refractivity contribution in [2.45, 2.75) is 156 Å². The van der Waals surface area contributed by atoms with E-state index >= 15 is 0 Å². The van der Waals surface area contributed by atoms with Gasteiger partial charge in [0, 0.05) is 26.2 Å². The summed E-state index contributed by atoms with van der Waals surface area (Å²) in [6, 6.07) is 17.2. The van der Waals surface area contributed by atoms with Gasteiger partial charge in [-0.2, -0.15) is 10.1 Å². The maximum Gasteiger partial charge on any atom is 0.410 e. The lowest BCUT2D eigenvalue weighted by molar-refractivity contribution is -0.144. The number of benzene rings is 2. The Balaban J connectivity index is 0.000000245. The number of aliphatic carboxylic acids is 1. The molecule has 0 aliphatic carbocycles. The van der Waals surface area contributed by atoms with Gasteiger partial charge in [-0.25, -0.2) is 35.3 Å². The van der Waals surface area contributed by atoms with Crippen molar-refractivity contribution in [2.75, 3.05) is 39.3 Å². The number of ether oxygens (including phenoxy) is 2. The molecule has 0 radical (unpaired) electrons. The van der Waals surface area contributed by atoms with Crippen LogP contribution in [0.5, 0.6) is 0 Å². The quantitative estimate of drug-likeness (QED) is 0.217. The fourth-order valence-corrected chi connectivity index (χ4v) is 8.42. The molecule has 21 nitrogen and oxygen atoms in total. The van der Waals surface area contributed by atoms with E-state index in [9.17, 15) is 28.8 Å². The van der Waals surface area contributed by atoms with Crippen LogP contribution >= 0.6 is 0 Å². The Bertz CT molecular complexity index is 2020. The maximum atomic E-state index is 12.9. The molecule has 8 rings (SSSR count). The number of urea groups is 2. The lowest BCUT2D eigenvalue weighted by Gasteiger charge is -2.29. The van der Waals surface area contributed by atoms with Crippen LogP contribution in [-0.2, 0) is 51.6 Å². The molecule has 21 heteroatoms. The number of nitrogens with two attached hydrogens (primary N) is 1. The number of carbonyl (C=O) groups is 6. The van der Waals surface area contributed by atoms with Gasteiger partial charge in [-0.3, -0.25) is 24.1 Å². The molecule has 6 aliphatic heterocycles. The highest BCUT2D eigenvalue weighted by atomic mass is 16.7. The lowest BCUT2D eigenvalue weighted by atomic mass is 10.0. The molecule has 6 atom stereocenters. The minimum absolute atomic E-state index is 0. The third kappa shape index (κ3) is 15.4. The van der Waals surface area contributed by atoms with Crippen molar-refractivity contribution >= 4 is 36.1 Å². The topological polar surface area (TPSA) is 236 Å². The summed E-state index contributed by atoms with van der Waals surface area (Å²) in [6.07, 6.45) is 2.65. The molecule has 4 bridgehead atoms. The Morgan fingerprint density at radius 3 is 1.46 bits per heavy atom. The number of nitrogens with one attached hydrogen (secondary N) is 1. The second kappa shape index (κ2) is 24.7. The summed E-state index contributed by atoms with van der Waals surface area (Å²) in [4.78, 5) is 100. The molecule has 6 aliphatic rings. The molecule has 2 aromatic rings. The molecule has 6 fully saturated rings. The van der Waals surface area contributed by atoms with Crippen LogP contribution in [0.3, 0.4) is 0 Å². The zero-order valence-corrected chi connectivity index (χ0v) is 39.2. The minimum Gasteiger partial charge on any atom is -0.480 e. The van der Waals surface area contributed by atoms with Crippen LogP contribution in [0.1, 0.15) is 106 Å². The van der Waals surface area contributed by atoms with E-state index in [0.29, 0.717) is 84.6 Å². The van der Waals surface area contributed by atoms with Crippen LogP contribution in [0, 0.1) is 0 Å². The average Bonchev–Trinajstić information content (AvgIpc) is 4.07. The number of carboxylic acids is 1. The minimum atomic E-state index is -0.943. The summed E-state index contributed by atoms with van der Waals surface area (Å²) in [5, 5.41) is 11.9. The number of likely N-dealkylation sites (tertiary alicyclic amines) is 2. The maximum absolute atomic E-state index is 12.9. The summed E-state index contributed by atoms with van der Waals surface area (Å²) in [6.45, 7) is 14.5. The Morgan fingerprint density at radius 1 is 0.623 bits per heavy atom. The van der Waals surface area contributed by atoms with Gasteiger partial charge in [0.1, 0.15) is 42.6 Å². The first-order chi connectivity index (χ1) is 31.8. The predicted octanol–water partition coefficient (Wildman–Crippen LogP) is 6.07. The SMILES string of the molecule is C.C.CC(C)(C)OC(=O)N1CC[C@H](ON)C1.CC(C)(C)OC(=O)N1CC[C@H](ONC(=O)[C@@H]2CC[C@@H]3CN2C(=O)N3OCc2ccccc2)C1.O=C(O)[C@@H]1CC[C@@H]2CN1C(=O)N2OCc1ccccc1. The lowest BCUT2D eigenvalue weighted by Crippen LogP contribution is -2.50. The summed E-state index contributed by atoms with van der Waals surface area (Å²) in [7, 11) is 0. The van der Waals surface area contributed by atoms with Crippen LogP contribution in [-0.4, -0.2) is 158 Å². The van der Waals surface area contributed by atoms with E-state index < -0.39 is 35.3 Å². The second-order valence-corrected chi connectivity index (χ2v) is 19.3. The first-order valence-corrected chi connectivity index (χ1v) is 22.8. The molecule has 0 unspecified atom stereocenters. The predicted molar refractivity (Wildman–Crippen MR) is 252 cm³/mol. The molecule has 6 heterocycles. The fourth-order valence-electron chi connectivity index (χ4n) is 8.42. The van der Waals surface area contributed by atoms with Crippen LogP contribution < -0.4 is 11.4 Å². The van der Waals surface area contributed by atoms with E-state index in [4.69, 9.17) is 35.0 Å². The number of rotatable bonds is 11. The van der Waals surface area contributed by atoms with Crippen molar-refractivity contribution in [1.82, 2.24) is 35.2 Å². The van der Waals surface area contributed by atoms with Gasteiger partial charge in [0.05, 0.1) is 31.3 Å². The molecule has 7 amide bonds. The van der Waals surface area contributed by atoms with Crippen LogP contribution in [0.25, 0.3) is 0 Å². The van der Waals surface area contributed by atoms with Gasteiger partial charge in [0.2, 0.25) is 0 Å². The number of hydroxylamine groups is 5. The summed E-state index contributed by atoms with van der Waals surface area (Å²) in [5.41, 5.74) is 3.45. The summed E-state index contributed by atoms with van der Waals surface area (Å²) < 4.78 is 10.6. The number of carbonyl (C=O) groups excluding carboxylic acids is 5. The standard InChI is InChI=1S/C23H32N4O6.C14H16N2O4.C9H18N2O3.2CH4/c1-23(2,3)32-22(30)25-12-11-18(14-25)33-24-20(28)19-10-9-17-13-26(19)21(29)27(17)31-15-16-7-5-4-6-8-16;17-13(18)12-7-6-11-8-15(12)14(19)16(11)20-9-10-4-2-1-3-5-10;1-9(2,3)13-8(12)11-5-4-7(6-11)14-10;;/h4-8,17-19H,9-15H2,1-3H3,(H,24,28);1-5,11-12H,6-9H2,(H,17,18);7H,4-6,10H2,1-3H3;2*1H4/t17-,18+,19+;11-,12+;7-;;/m110../s1. The number of hydrogen-bond acceptors (Lipinski definition) is 13. The number of piperidine rings is 2. The Hall–Kier alpha value is -5.74. The van der Waals surface area contributed by atoms with Gasteiger partial charge in [-0.15, -0.1) is 0 Å². The van der Waals surface area contributed by atoms with Gasteiger partial charge in [0.25, 0.3) is 5.91 Å². The van der Waals surface area contributed by atoms with Gasteiger partial charge >= 0.3 is 30.2 Å². The number of nitrogens with zero attached hydrogens (tertiary/aromatic N) is 6. The average molecular weight is 971 g/mol.